The van der Waals surface area contributed by atoms with Crippen LogP contribution in [0.3, 0.4) is 0 Å². The van der Waals surface area contributed by atoms with Crippen molar-refractivity contribution in [1.29, 1.82) is 0 Å². The highest BCUT2D eigenvalue weighted by Crippen LogP contribution is 2.27. The summed E-state index contributed by atoms with van der Waals surface area (Å²) in [7, 11) is 0. The molecule has 0 aliphatic carbocycles. The van der Waals surface area contributed by atoms with Gasteiger partial charge in [-0.2, -0.15) is 0 Å². The molecule has 0 aromatic carbocycles. The summed E-state index contributed by atoms with van der Waals surface area (Å²) in [6.07, 6.45) is 1.38. The summed E-state index contributed by atoms with van der Waals surface area (Å²) < 4.78 is 11.2. The first-order valence-electron chi connectivity index (χ1n) is 5.35. The van der Waals surface area contributed by atoms with E-state index in [0.717, 1.165) is 0 Å². The zero-order valence-corrected chi connectivity index (χ0v) is 11.0. The molecule has 2 aromatic heterocycles. The Morgan fingerprint density at radius 1 is 1.22 bits per heavy atom. The summed E-state index contributed by atoms with van der Waals surface area (Å²) in [6.45, 7) is 0.331. The van der Waals surface area contributed by atoms with Gasteiger partial charge in [-0.15, -0.1) is 0 Å². The summed E-state index contributed by atoms with van der Waals surface area (Å²) in [5.41, 5.74) is 0.148. The van der Waals surface area contributed by atoms with Crippen molar-refractivity contribution in [3.63, 3.8) is 0 Å². The lowest BCUT2D eigenvalue weighted by Crippen LogP contribution is -2.30. The molecule has 0 fully saturated rings. The van der Waals surface area contributed by atoms with Crippen LogP contribution in [0.4, 0.5) is 5.88 Å². The van der Waals surface area contributed by atoms with Crippen molar-refractivity contribution in [3.8, 4) is 0 Å². The molecular weight excluding hydrogens is 306 g/mol. The minimum absolute atomic E-state index is 0.103. The number of hydrogen-bond donors (Lipinski definition) is 2. The fraction of sp³-hybridized carbons (Fsp3) is 0.364. The van der Waals surface area contributed by atoms with Gasteiger partial charge in [0.1, 0.15) is 6.26 Å². The molecule has 6 nitrogen and oxygen atoms in total. The molecule has 0 saturated heterocycles. The standard InChI is InChI=1S/C11H12BrNO5/c12-7-6-17-11-8(16)5-9(18-10(7)11)13(1-3-14)2-4-15/h5-6,14-15H,1-4H2. The Morgan fingerprint density at radius 3 is 2.50 bits per heavy atom. The van der Waals surface area contributed by atoms with Gasteiger partial charge in [-0.05, 0) is 15.9 Å². The van der Waals surface area contributed by atoms with Gasteiger partial charge in [-0.3, -0.25) is 4.79 Å². The van der Waals surface area contributed by atoms with Gasteiger partial charge in [-0.1, -0.05) is 0 Å². The highest BCUT2D eigenvalue weighted by molar-refractivity contribution is 9.10. The molecule has 2 heterocycles. The summed E-state index contributed by atoms with van der Waals surface area (Å²) >= 11 is 3.22. The van der Waals surface area contributed by atoms with Gasteiger partial charge < -0.3 is 23.9 Å². The normalized spacial score (nSPS) is 11.1. The lowest BCUT2D eigenvalue weighted by molar-refractivity contribution is 0.277. The van der Waals surface area contributed by atoms with Gasteiger partial charge in [0, 0.05) is 13.1 Å². The van der Waals surface area contributed by atoms with E-state index in [1.807, 2.05) is 0 Å². The number of rotatable bonds is 5. The number of fused-ring (bicyclic) bond motifs is 1. The third kappa shape index (κ3) is 2.43. The molecule has 0 radical (unpaired) electrons. The summed E-state index contributed by atoms with van der Waals surface area (Å²) in [5.74, 6) is 0.290. The maximum absolute atomic E-state index is 11.8. The summed E-state index contributed by atoms with van der Waals surface area (Å²) in [4.78, 5) is 13.4. The number of hydrogen-bond acceptors (Lipinski definition) is 6. The lowest BCUT2D eigenvalue weighted by Gasteiger charge is -2.20. The molecule has 2 aromatic rings. The van der Waals surface area contributed by atoms with Crippen LogP contribution in [0.25, 0.3) is 11.2 Å². The maximum atomic E-state index is 11.8. The van der Waals surface area contributed by atoms with Crippen molar-refractivity contribution in [2.24, 2.45) is 0 Å². The second-order valence-electron chi connectivity index (χ2n) is 3.63. The average Bonchev–Trinajstić information content (AvgIpc) is 2.72. The number of aliphatic hydroxyl groups excluding tert-OH is 2. The molecular formula is C11H12BrNO5. The monoisotopic (exact) mass is 317 g/mol. The van der Waals surface area contributed by atoms with E-state index < -0.39 is 0 Å². The average molecular weight is 318 g/mol. The van der Waals surface area contributed by atoms with E-state index in [-0.39, 0.29) is 43.2 Å². The van der Waals surface area contributed by atoms with Crippen LogP contribution in [0.1, 0.15) is 0 Å². The lowest BCUT2D eigenvalue weighted by atomic mass is 10.3. The van der Waals surface area contributed by atoms with E-state index in [4.69, 9.17) is 19.0 Å². The van der Waals surface area contributed by atoms with Crippen molar-refractivity contribution in [3.05, 3.63) is 27.0 Å². The first kappa shape index (κ1) is 13.1. The fourth-order valence-corrected chi connectivity index (χ4v) is 1.99. The molecule has 0 aliphatic rings. The predicted molar refractivity (Wildman–Crippen MR) is 68.8 cm³/mol. The van der Waals surface area contributed by atoms with Crippen molar-refractivity contribution in [2.45, 2.75) is 0 Å². The topological polar surface area (TPSA) is 87.1 Å². The molecule has 0 spiro atoms. The first-order valence-corrected chi connectivity index (χ1v) is 6.14. The number of halogens is 1. The van der Waals surface area contributed by atoms with Gasteiger partial charge >= 0.3 is 0 Å². The van der Waals surface area contributed by atoms with Crippen LogP contribution in [0, 0.1) is 0 Å². The van der Waals surface area contributed by atoms with Gasteiger partial charge in [-0.25, -0.2) is 0 Å². The smallest absolute Gasteiger partial charge is 0.230 e. The van der Waals surface area contributed by atoms with Crippen LogP contribution in [0.5, 0.6) is 0 Å². The van der Waals surface area contributed by atoms with Crippen LogP contribution in [-0.2, 0) is 0 Å². The van der Waals surface area contributed by atoms with Crippen LogP contribution in [0.15, 0.2) is 30.4 Å². The van der Waals surface area contributed by atoms with E-state index in [1.165, 1.54) is 12.3 Å². The third-order valence-corrected chi connectivity index (χ3v) is 2.99. The number of furan rings is 1. The third-order valence-electron chi connectivity index (χ3n) is 2.44. The van der Waals surface area contributed by atoms with E-state index in [9.17, 15) is 4.79 Å². The molecule has 7 heteroatoms. The van der Waals surface area contributed by atoms with Gasteiger partial charge in [0.2, 0.25) is 16.9 Å². The van der Waals surface area contributed by atoms with E-state index >= 15 is 0 Å². The Balaban J connectivity index is 2.49. The molecule has 0 aliphatic heterocycles. The zero-order chi connectivity index (χ0) is 13.1. The van der Waals surface area contributed by atoms with Gasteiger partial charge in [0.25, 0.3) is 0 Å². The molecule has 2 rings (SSSR count). The highest BCUT2D eigenvalue weighted by Gasteiger charge is 2.15. The van der Waals surface area contributed by atoms with Gasteiger partial charge in [0.05, 0.1) is 23.8 Å². The molecule has 0 saturated carbocycles. The van der Waals surface area contributed by atoms with E-state index in [0.29, 0.717) is 10.1 Å². The minimum Gasteiger partial charge on any atom is -0.456 e. The van der Waals surface area contributed by atoms with Crippen LogP contribution >= 0.6 is 15.9 Å². The Hall–Kier alpha value is -1.31. The molecule has 98 valence electrons. The summed E-state index contributed by atoms with van der Waals surface area (Å²) in [5, 5.41) is 17.9. The van der Waals surface area contributed by atoms with E-state index in [2.05, 4.69) is 15.9 Å². The molecule has 18 heavy (non-hydrogen) atoms. The Bertz CT molecular complexity index is 585. The van der Waals surface area contributed by atoms with Crippen LogP contribution in [-0.4, -0.2) is 36.5 Å². The largest absolute Gasteiger partial charge is 0.456 e. The maximum Gasteiger partial charge on any atom is 0.230 e. The molecule has 2 N–H and O–H groups in total. The number of anilines is 1. The van der Waals surface area contributed by atoms with Crippen molar-refractivity contribution >= 4 is 33.0 Å². The predicted octanol–water partition coefficient (Wildman–Crippen LogP) is 0.939. The number of nitrogens with zero attached hydrogens (tertiary/aromatic N) is 1. The highest BCUT2D eigenvalue weighted by atomic mass is 79.9. The second kappa shape index (κ2) is 5.55. The molecule has 0 bridgehead atoms. The second-order valence-corrected chi connectivity index (χ2v) is 4.48. The molecule has 0 unspecified atom stereocenters. The zero-order valence-electron chi connectivity index (χ0n) is 9.43. The Kier molecular flexibility index (Phi) is 4.05. The Morgan fingerprint density at radius 2 is 1.89 bits per heavy atom. The van der Waals surface area contributed by atoms with Crippen molar-refractivity contribution in [1.82, 2.24) is 0 Å². The van der Waals surface area contributed by atoms with E-state index in [1.54, 1.807) is 4.90 Å². The van der Waals surface area contributed by atoms with Crippen molar-refractivity contribution < 1.29 is 19.0 Å². The number of aliphatic hydroxyl groups is 2. The molecule has 0 atom stereocenters. The van der Waals surface area contributed by atoms with Gasteiger partial charge in [0.15, 0.2) is 5.58 Å². The van der Waals surface area contributed by atoms with Crippen LogP contribution < -0.4 is 10.3 Å². The molecule has 0 amide bonds. The van der Waals surface area contributed by atoms with Crippen molar-refractivity contribution in [2.75, 3.05) is 31.2 Å². The first-order chi connectivity index (χ1) is 8.67. The SMILES string of the molecule is O=c1cc(N(CCO)CCO)oc2c(Br)coc12. The fourth-order valence-electron chi connectivity index (χ4n) is 1.63. The quantitative estimate of drug-likeness (QED) is 0.853. The van der Waals surface area contributed by atoms with Crippen LogP contribution in [0.2, 0.25) is 0 Å². The minimum atomic E-state index is -0.308. The summed E-state index contributed by atoms with van der Waals surface area (Å²) in [6, 6.07) is 1.28. The Labute approximate surface area is 111 Å².